The molecule has 5 heteroatoms. The van der Waals surface area contributed by atoms with Crippen molar-refractivity contribution in [3.8, 4) is 0 Å². The fraction of sp³-hybridized carbons (Fsp3) is 0.618. The van der Waals surface area contributed by atoms with Gasteiger partial charge in [-0.1, -0.05) is 96.6 Å². The van der Waals surface area contributed by atoms with Crippen LogP contribution in [-0.4, -0.2) is 34.1 Å². The second-order valence-electron chi connectivity index (χ2n) is 13.6. The number of allylic oxidation sites excluding steroid dienone is 4. The third-order valence-corrected chi connectivity index (χ3v) is 8.68. The van der Waals surface area contributed by atoms with E-state index in [0.29, 0.717) is 12.8 Å². The highest BCUT2D eigenvalue weighted by Gasteiger charge is 2.48. The zero-order chi connectivity index (χ0) is 28.2. The summed E-state index contributed by atoms with van der Waals surface area (Å²) in [5, 5.41) is 8.78. The van der Waals surface area contributed by atoms with E-state index >= 15 is 0 Å². The molecule has 1 aromatic rings. The SMILES string of the molecule is CC1(C)CC(=O)C2=C(C1)N(CCCCCCCCCCC(=O)O)C1=C(C(=O)CC(C)(C)C1)C2c1ccccc1. The number of hydrogen-bond donors (Lipinski definition) is 1. The number of carboxylic acid groups (broad SMARTS) is 1. The first-order chi connectivity index (χ1) is 18.5. The Balaban J connectivity index is 1.54. The maximum atomic E-state index is 13.8. The summed E-state index contributed by atoms with van der Waals surface area (Å²) in [5.74, 6) is -0.550. The molecule has 0 fully saturated rings. The molecule has 0 radical (unpaired) electrons. The first kappa shape index (κ1) is 29.3. The lowest BCUT2D eigenvalue weighted by Crippen LogP contribution is -2.44. The quantitative estimate of drug-likeness (QED) is 0.276. The minimum atomic E-state index is -0.703. The number of rotatable bonds is 12. The van der Waals surface area contributed by atoms with Crippen LogP contribution in [0.4, 0.5) is 0 Å². The predicted molar refractivity (Wildman–Crippen MR) is 155 cm³/mol. The molecule has 4 rings (SSSR count). The minimum Gasteiger partial charge on any atom is -0.481 e. The van der Waals surface area contributed by atoms with E-state index < -0.39 is 5.97 Å². The van der Waals surface area contributed by atoms with Crippen molar-refractivity contribution in [1.82, 2.24) is 4.90 Å². The van der Waals surface area contributed by atoms with Crippen LogP contribution in [-0.2, 0) is 14.4 Å². The van der Waals surface area contributed by atoms with Gasteiger partial charge in [0.1, 0.15) is 0 Å². The molecule has 39 heavy (non-hydrogen) atoms. The molecule has 3 aliphatic rings. The molecule has 1 N–H and O–H groups in total. The maximum absolute atomic E-state index is 13.8. The average molecular weight is 534 g/mol. The maximum Gasteiger partial charge on any atom is 0.303 e. The van der Waals surface area contributed by atoms with Gasteiger partial charge in [-0.25, -0.2) is 0 Å². The van der Waals surface area contributed by atoms with Crippen LogP contribution < -0.4 is 0 Å². The van der Waals surface area contributed by atoms with Gasteiger partial charge in [-0.05, 0) is 42.1 Å². The Labute approximate surface area is 234 Å². The van der Waals surface area contributed by atoms with Gasteiger partial charge in [0, 0.05) is 54.3 Å². The van der Waals surface area contributed by atoms with Gasteiger partial charge in [-0.15, -0.1) is 0 Å². The van der Waals surface area contributed by atoms with Crippen molar-refractivity contribution in [3.05, 3.63) is 58.4 Å². The number of benzene rings is 1. The fourth-order valence-electron chi connectivity index (χ4n) is 6.90. The number of ketones is 2. The third-order valence-electron chi connectivity index (χ3n) is 8.68. The van der Waals surface area contributed by atoms with Crippen LogP contribution in [0.15, 0.2) is 52.9 Å². The average Bonchev–Trinajstić information content (AvgIpc) is 2.84. The normalized spacial score (nSPS) is 20.8. The first-order valence-corrected chi connectivity index (χ1v) is 15.1. The Bertz CT molecular complexity index is 1090. The highest BCUT2D eigenvalue weighted by atomic mass is 16.4. The summed E-state index contributed by atoms with van der Waals surface area (Å²) in [6, 6.07) is 10.2. The molecule has 0 unspecified atom stereocenters. The largest absolute Gasteiger partial charge is 0.481 e. The lowest BCUT2D eigenvalue weighted by molar-refractivity contribution is -0.137. The molecule has 212 valence electrons. The van der Waals surface area contributed by atoms with Gasteiger partial charge in [0.05, 0.1) is 0 Å². The molecule has 0 saturated carbocycles. The van der Waals surface area contributed by atoms with E-state index in [2.05, 4.69) is 44.7 Å². The van der Waals surface area contributed by atoms with E-state index in [-0.39, 0.29) is 34.7 Å². The van der Waals surface area contributed by atoms with Gasteiger partial charge >= 0.3 is 5.97 Å². The van der Waals surface area contributed by atoms with Gasteiger partial charge < -0.3 is 10.0 Å². The molecular weight excluding hydrogens is 486 g/mol. The van der Waals surface area contributed by atoms with E-state index in [1.165, 1.54) is 6.42 Å². The number of carbonyl (C=O) groups excluding carboxylic acids is 2. The van der Waals surface area contributed by atoms with Gasteiger partial charge in [0.15, 0.2) is 11.6 Å². The Kier molecular flexibility index (Phi) is 9.18. The summed E-state index contributed by atoms with van der Waals surface area (Å²) < 4.78 is 0. The number of carbonyl (C=O) groups is 3. The Morgan fingerprint density at radius 2 is 1.21 bits per heavy atom. The smallest absolute Gasteiger partial charge is 0.303 e. The van der Waals surface area contributed by atoms with Gasteiger partial charge in [0.25, 0.3) is 0 Å². The van der Waals surface area contributed by atoms with Crippen LogP contribution in [0, 0.1) is 10.8 Å². The summed E-state index contributed by atoms with van der Waals surface area (Å²) in [7, 11) is 0. The number of nitrogens with zero attached hydrogens (tertiary/aromatic N) is 1. The lowest BCUT2D eigenvalue weighted by atomic mass is 9.63. The van der Waals surface area contributed by atoms with Crippen LogP contribution in [0.1, 0.15) is 123 Å². The van der Waals surface area contributed by atoms with Crippen LogP contribution in [0.2, 0.25) is 0 Å². The van der Waals surface area contributed by atoms with Gasteiger partial charge in [-0.3, -0.25) is 14.4 Å². The zero-order valence-corrected chi connectivity index (χ0v) is 24.5. The molecule has 0 bridgehead atoms. The molecule has 0 spiro atoms. The van der Waals surface area contributed by atoms with Gasteiger partial charge in [0.2, 0.25) is 0 Å². The molecule has 0 aromatic heterocycles. The van der Waals surface area contributed by atoms with E-state index in [9.17, 15) is 14.4 Å². The van der Waals surface area contributed by atoms with Crippen molar-refractivity contribution >= 4 is 17.5 Å². The molecule has 1 aliphatic heterocycles. The highest BCUT2D eigenvalue weighted by molar-refractivity contribution is 6.06. The number of carboxylic acids is 1. The van der Waals surface area contributed by atoms with E-state index in [0.717, 1.165) is 92.4 Å². The van der Waals surface area contributed by atoms with E-state index in [1.54, 1.807) is 0 Å². The standard InChI is InChI=1S/C34H47NO4/c1-33(2)20-25-31(27(36)22-33)30(24-16-12-11-13-17-24)32-26(21-34(3,4)23-28(32)37)35(25)19-15-10-8-6-5-7-9-14-18-29(38)39/h11-13,16-17,30H,5-10,14-15,18-23H2,1-4H3,(H,38,39). The first-order valence-electron chi connectivity index (χ1n) is 15.1. The van der Waals surface area contributed by atoms with Crippen molar-refractivity contribution in [3.63, 3.8) is 0 Å². The van der Waals surface area contributed by atoms with Crippen LogP contribution in [0.25, 0.3) is 0 Å². The molecule has 1 heterocycles. The van der Waals surface area contributed by atoms with Crippen molar-refractivity contribution < 1.29 is 19.5 Å². The van der Waals surface area contributed by atoms with Crippen molar-refractivity contribution in [2.75, 3.05) is 6.54 Å². The second-order valence-corrected chi connectivity index (χ2v) is 13.6. The molecule has 1 aromatic carbocycles. The predicted octanol–water partition coefficient (Wildman–Crippen LogP) is 7.97. The number of Topliss-reactive ketones (excluding diaryl/α,β-unsaturated/α-hetero) is 2. The Morgan fingerprint density at radius 1 is 0.744 bits per heavy atom. The molecule has 5 nitrogen and oxygen atoms in total. The molecule has 0 saturated heterocycles. The third kappa shape index (κ3) is 7.10. The highest BCUT2D eigenvalue weighted by Crippen LogP contribution is 2.54. The summed E-state index contributed by atoms with van der Waals surface area (Å²) in [6.07, 6.45) is 11.5. The summed E-state index contributed by atoms with van der Waals surface area (Å²) in [5.41, 5.74) is 4.93. The summed E-state index contributed by atoms with van der Waals surface area (Å²) in [4.78, 5) is 40.7. The van der Waals surface area contributed by atoms with Crippen LogP contribution in [0.5, 0.6) is 0 Å². The molecule has 2 aliphatic carbocycles. The van der Waals surface area contributed by atoms with Crippen molar-refractivity contribution in [1.29, 1.82) is 0 Å². The molecular formula is C34H47NO4. The summed E-state index contributed by atoms with van der Waals surface area (Å²) >= 11 is 0. The Morgan fingerprint density at radius 3 is 1.69 bits per heavy atom. The number of unbranched alkanes of at least 4 members (excludes halogenated alkanes) is 7. The molecule has 0 atom stereocenters. The minimum absolute atomic E-state index is 0.0949. The number of aliphatic carboxylic acids is 1. The molecule has 0 amide bonds. The van der Waals surface area contributed by atoms with Crippen LogP contribution in [0.3, 0.4) is 0 Å². The number of hydrogen-bond acceptors (Lipinski definition) is 4. The zero-order valence-electron chi connectivity index (χ0n) is 24.5. The summed E-state index contributed by atoms with van der Waals surface area (Å²) in [6.45, 7) is 9.63. The van der Waals surface area contributed by atoms with Crippen molar-refractivity contribution in [2.24, 2.45) is 10.8 Å². The fourth-order valence-corrected chi connectivity index (χ4v) is 6.90. The monoisotopic (exact) mass is 533 g/mol. The van der Waals surface area contributed by atoms with E-state index in [4.69, 9.17) is 5.11 Å². The van der Waals surface area contributed by atoms with Gasteiger partial charge in [-0.2, -0.15) is 0 Å². The van der Waals surface area contributed by atoms with E-state index in [1.807, 2.05) is 18.2 Å². The Hall–Kier alpha value is -2.69. The van der Waals surface area contributed by atoms with Crippen molar-refractivity contribution in [2.45, 2.75) is 117 Å². The van der Waals surface area contributed by atoms with Crippen LogP contribution >= 0.6 is 0 Å². The second kappa shape index (κ2) is 12.2. The topological polar surface area (TPSA) is 74.7 Å². The lowest BCUT2D eigenvalue weighted by Gasteiger charge is -2.49.